The molecule has 4 N–H and O–H groups in total. The monoisotopic (exact) mass is 789 g/mol. The molecule has 0 atom stereocenters. The second kappa shape index (κ2) is 16.8. The van der Waals surface area contributed by atoms with Crippen LogP contribution in [0.3, 0.4) is 0 Å². The number of aromatic nitrogens is 2. The highest BCUT2D eigenvalue weighted by Crippen LogP contribution is 2.31. The number of nitro benzene ring substituents is 1. The summed E-state index contributed by atoms with van der Waals surface area (Å²) in [6, 6.07) is 8.10. The molecule has 0 radical (unpaired) electrons. The number of ether oxygens (including phenoxy) is 2. The van der Waals surface area contributed by atoms with Gasteiger partial charge in [-0.15, -0.1) is 0 Å². The molecule has 0 unspecified atom stereocenters. The fourth-order valence-corrected chi connectivity index (χ4v) is 5.72. The molecule has 4 aromatic rings. The summed E-state index contributed by atoms with van der Waals surface area (Å²) in [7, 11) is 0. The topological polar surface area (TPSA) is 220 Å². The molecule has 2 heterocycles. The summed E-state index contributed by atoms with van der Waals surface area (Å²) < 4.78 is 38.0. The molecular weight excluding hydrogens is 763 g/mol. The van der Waals surface area contributed by atoms with Gasteiger partial charge in [-0.25, -0.2) is 18.7 Å². The van der Waals surface area contributed by atoms with Crippen LogP contribution in [0.25, 0.3) is 0 Å². The van der Waals surface area contributed by atoms with Gasteiger partial charge in [-0.2, -0.15) is 0 Å². The summed E-state index contributed by atoms with van der Waals surface area (Å²) in [6.45, 7) is 5.68. The zero-order chi connectivity index (χ0) is 38.3. The van der Waals surface area contributed by atoms with Crippen LogP contribution in [0, 0.1) is 21.7 Å². The molecule has 15 nitrogen and oxygen atoms in total. The number of carbonyl (C=O) groups excluding carboxylic acids is 2. The molecule has 0 aliphatic carbocycles. The number of hydrogen-bond donors (Lipinski definition) is 4. The minimum atomic E-state index is -1.56. The number of carbonyl (C=O) groups is 4. The highest BCUT2D eigenvalue weighted by molar-refractivity contribution is 7.20. The van der Waals surface area contributed by atoms with Crippen LogP contribution in [0.5, 0.6) is 11.5 Å². The van der Waals surface area contributed by atoms with Crippen LogP contribution in [0.1, 0.15) is 39.1 Å². The Morgan fingerprint density at radius 2 is 1.33 bits per heavy atom. The molecular formula is C30H27Cl2F2N5O10S2. The molecule has 51 heavy (non-hydrogen) atoms. The zero-order valence-electron chi connectivity index (χ0n) is 26.8. The fourth-order valence-electron chi connectivity index (χ4n) is 3.65. The quantitative estimate of drug-likeness (QED) is 0.0829. The van der Waals surface area contributed by atoms with Gasteiger partial charge >= 0.3 is 11.9 Å². The van der Waals surface area contributed by atoms with Crippen molar-refractivity contribution in [2.24, 2.45) is 0 Å². The largest absolute Gasteiger partial charge is 0.481 e. The van der Waals surface area contributed by atoms with Gasteiger partial charge in [-0.05, 0) is 45.9 Å². The predicted molar refractivity (Wildman–Crippen MR) is 183 cm³/mol. The summed E-state index contributed by atoms with van der Waals surface area (Å²) in [6.07, 6.45) is -0.752. The molecule has 2 aromatic heterocycles. The number of carboxylic acid groups (broad SMARTS) is 2. The van der Waals surface area contributed by atoms with Gasteiger partial charge in [0.1, 0.15) is 20.2 Å². The minimum Gasteiger partial charge on any atom is -0.481 e. The highest BCUT2D eigenvalue weighted by atomic mass is 35.5. The normalized spacial score (nSPS) is 11.1. The van der Waals surface area contributed by atoms with Crippen LogP contribution in [-0.4, -0.2) is 60.1 Å². The Balaban J connectivity index is 0.000000276. The third-order valence-corrected chi connectivity index (χ3v) is 8.63. The number of halogens is 4. The Labute approximate surface area is 305 Å². The lowest BCUT2D eigenvalue weighted by Gasteiger charge is -2.25. The van der Waals surface area contributed by atoms with Gasteiger partial charge in [0, 0.05) is 12.1 Å². The highest BCUT2D eigenvalue weighted by Gasteiger charge is 2.33. The number of hydrogen-bond acceptors (Lipinski definition) is 12. The average molecular weight is 791 g/mol. The summed E-state index contributed by atoms with van der Waals surface area (Å²) in [5.74, 6) is -5.26. The number of nitrogens with one attached hydrogen (secondary N) is 2. The Morgan fingerprint density at radius 1 is 0.843 bits per heavy atom. The first kappa shape index (κ1) is 40.4. The maximum Gasteiger partial charge on any atom is 0.309 e. The summed E-state index contributed by atoms with van der Waals surface area (Å²) in [5, 5.41) is 33.5. The van der Waals surface area contributed by atoms with Crippen LogP contribution >= 0.6 is 45.9 Å². The molecule has 0 aliphatic heterocycles. The molecule has 2 aromatic carbocycles. The van der Waals surface area contributed by atoms with Crippen LogP contribution in [0.4, 0.5) is 24.7 Å². The summed E-state index contributed by atoms with van der Waals surface area (Å²) in [4.78, 5) is 64.4. The second-order valence-corrected chi connectivity index (χ2v) is 14.3. The van der Waals surface area contributed by atoms with Gasteiger partial charge in [0.15, 0.2) is 33.0 Å². The van der Waals surface area contributed by atoms with E-state index in [-0.39, 0.29) is 54.6 Å². The number of non-ortho nitro benzene ring substituents is 1. The van der Waals surface area contributed by atoms with Crippen molar-refractivity contribution in [3.8, 4) is 11.5 Å². The first-order valence-electron chi connectivity index (χ1n) is 14.1. The van der Waals surface area contributed by atoms with E-state index in [2.05, 4.69) is 20.6 Å². The number of benzene rings is 2. The van der Waals surface area contributed by atoms with E-state index >= 15 is 0 Å². The van der Waals surface area contributed by atoms with Crippen LogP contribution in [0.2, 0.25) is 8.67 Å². The van der Waals surface area contributed by atoms with E-state index in [0.717, 1.165) is 40.9 Å². The summed E-state index contributed by atoms with van der Waals surface area (Å²) in [5.41, 5.74) is -2.83. The molecule has 0 saturated heterocycles. The van der Waals surface area contributed by atoms with Gasteiger partial charge in [0.25, 0.3) is 17.5 Å². The Hall–Kier alpha value is -4.98. The molecule has 0 fully saturated rings. The maximum atomic E-state index is 13.7. The van der Waals surface area contributed by atoms with E-state index in [4.69, 9.17) is 42.9 Å². The molecule has 0 bridgehead atoms. The number of rotatable bonds is 13. The number of amides is 2. The predicted octanol–water partition coefficient (Wildman–Crippen LogP) is 6.63. The van der Waals surface area contributed by atoms with Crippen molar-refractivity contribution >= 4 is 85.6 Å². The van der Waals surface area contributed by atoms with Crippen LogP contribution in [-0.2, 0) is 32.0 Å². The number of nitrogens with zero attached hydrogens (tertiary/aromatic N) is 3. The van der Waals surface area contributed by atoms with Gasteiger partial charge in [-0.3, -0.25) is 39.9 Å². The lowest BCUT2D eigenvalue weighted by Crippen LogP contribution is -2.42. The van der Waals surface area contributed by atoms with E-state index in [9.17, 15) is 38.1 Å². The summed E-state index contributed by atoms with van der Waals surface area (Å²) >= 11 is 13.6. The number of thiazole rings is 2. The molecule has 21 heteroatoms. The van der Waals surface area contributed by atoms with Crippen molar-refractivity contribution in [1.29, 1.82) is 0 Å². The van der Waals surface area contributed by atoms with Crippen molar-refractivity contribution in [1.82, 2.24) is 9.97 Å². The number of anilines is 2. The lowest BCUT2D eigenvalue weighted by molar-refractivity contribution is -0.385. The van der Waals surface area contributed by atoms with Crippen molar-refractivity contribution in [2.45, 2.75) is 51.7 Å². The number of aliphatic carboxylic acids is 2. The molecule has 272 valence electrons. The van der Waals surface area contributed by atoms with E-state index in [0.29, 0.717) is 0 Å². The lowest BCUT2D eigenvalue weighted by atomic mass is 10.1. The van der Waals surface area contributed by atoms with E-state index < -0.39 is 57.3 Å². The van der Waals surface area contributed by atoms with Crippen molar-refractivity contribution in [2.75, 3.05) is 10.6 Å². The SMILES string of the molecule is CC(C)(Oc1cc(F)ccc1F)C(=O)Nc1nc(CC(=O)O)c(Cl)s1.CC(C)(Oc1cccc([N+](=O)[O-])c1)C(=O)Nc1nc(CC(=O)O)c(Cl)s1. The zero-order valence-corrected chi connectivity index (χ0v) is 29.9. The second-order valence-electron chi connectivity index (χ2n) is 11.1. The number of nitro groups is 1. The standard InChI is InChI=1S/C15H13ClF2N2O4S.C15H14ClN3O6S/c1-15(2,24-10-5-7(17)3-4-8(10)18)13(23)20-14-19-9(6-11(21)22)12(16)25-14;1-15(2,25-9-5-3-4-8(6-9)19(23)24)13(22)18-14-17-10(7-11(20)21)12(16)26-14/h3-5H,6H2,1-2H3,(H,21,22)(H,19,20,23);3-6H,7H2,1-2H3,(H,20,21)(H,17,18,22). The fraction of sp³-hybridized carbons (Fsp3) is 0.267. The van der Waals surface area contributed by atoms with E-state index in [1.165, 1.54) is 52.0 Å². The molecule has 2 amide bonds. The Bertz CT molecular complexity index is 1970. The smallest absolute Gasteiger partial charge is 0.309 e. The van der Waals surface area contributed by atoms with E-state index in [1.54, 1.807) is 0 Å². The molecule has 0 aliphatic rings. The van der Waals surface area contributed by atoms with Crippen molar-refractivity contribution in [3.63, 3.8) is 0 Å². The Kier molecular flexibility index (Phi) is 13.3. The number of carboxylic acids is 2. The average Bonchev–Trinajstić information content (AvgIpc) is 3.53. The minimum absolute atomic E-state index is 0.0719. The van der Waals surface area contributed by atoms with Crippen molar-refractivity contribution in [3.05, 3.63) is 84.3 Å². The first-order valence-corrected chi connectivity index (χ1v) is 16.5. The van der Waals surface area contributed by atoms with Crippen LogP contribution < -0.4 is 20.1 Å². The first-order chi connectivity index (χ1) is 23.7. The maximum absolute atomic E-state index is 13.7. The van der Waals surface area contributed by atoms with Gasteiger partial charge < -0.3 is 19.7 Å². The van der Waals surface area contributed by atoms with Crippen molar-refractivity contribution < 1.29 is 52.6 Å². The Morgan fingerprint density at radius 3 is 1.80 bits per heavy atom. The van der Waals surface area contributed by atoms with Gasteiger partial charge in [0.2, 0.25) is 0 Å². The third kappa shape index (κ3) is 11.8. The molecule has 0 spiro atoms. The van der Waals surface area contributed by atoms with Gasteiger partial charge in [-0.1, -0.05) is 51.9 Å². The molecule has 0 saturated carbocycles. The molecule has 4 rings (SSSR count). The van der Waals surface area contributed by atoms with E-state index in [1.807, 2.05) is 0 Å². The van der Waals surface area contributed by atoms with Crippen LogP contribution in [0.15, 0.2) is 42.5 Å². The van der Waals surface area contributed by atoms with Gasteiger partial charge in [0.05, 0.1) is 35.2 Å². The third-order valence-electron chi connectivity index (χ3n) is 6.13.